The first-order valence-corrected chi connectivity index (χ1v) is 35.7. The molecule has 0 aromatic rings. The summed E-state index contributed by atoms with van der Waals surface area (Å²) in [5.74, 6) is -0.888. The van der Waals surface area contributed by atoms with Gasteiger partial charge in [-0.3, -0.25) is 14.4 Å². The molecule has 6 heteroatoms. The maximum atomic E-state index is 13.0. The van der Waals surface area contributed by atoms with E-state index in [1.165, 1.54) is 186 Å². The van der Waals surface area contributed by atoms with E-state index in [4.69, 9.17) is 14.2 Å². The topological polar surface area (TPSA) is 78.9 Å². The van der Waals surface area contributed by atoms with Crippen LogP contribution >= 0.6 is 0 Å². The van der Waals surface area contributed by atoms with Gasteiger partial charge in [-0.2, -0.15) is 0 Å². The smallest absolute Gasteiger partial charge is 0.306 e. The molecular weight excluding hydrogens is 1020 g/mol. The van der Waals surface area contributed by atoms with Crippen molar-refractivity contribution < 1.29 is 28.6 Å². The molecule has 0 amide bonds. The molecule has 0 aromatic carbocycles. The minimum absolute atomic E-state index is 0.0840. The van der Waals surface area contributed by atoms with E-state index in [1.54, 1.807) is 0 Å². The Hall–Kier alpha value is -3.67. The second-order valence-corrected chi connectivity index (χ2v) is 23.8. The summed E-state index contributed by atoms with van der Waals surface area (Å²) in [5, 5.41) is 0. The molecule has 1 unspecified atom stereocenters. The number of hydrogen-bond donors (Lipinski definition) is 0. The quantitative estimate of drug-likeness (QED) is 0.0261. The predicted molar refractivity (Wildman–Crippen MR) is 362 cm³/mol. The van der Waals surface area contributed by atoms with E-state index in [2.05, 4.69) is 118 Å². The molecule has 0 bridgehead atoms. The molecule has 83 heavy (non-hydrogen) atoms. The summed E-state index contributed by atoms with van der Waals surface area (Å²) in [6.45, 7) is 6.49. The molecule has 0 rings (SSSR count). The Morgan fingerprint density at radius 3 is 0.783 bits per heavy atom. The Morgan fingerprint density at radius 2 is 0.494 bits per heavy atom. The predicted octanol–water partition coefficient (Wildman–Crippen LogP) is 24.8. The molecule has 478 valence electrons. The first-order valence-electron chi connectivity index (χ1n) is 35.7. The Bertz CT molecular complexity index is 1610. The summed E-state index contributed by atoms with van der Waals surface area (Å²) in [7, 11) is 0. The zero-order chi connectivity index (χ0) is 59.9. The van der Waals surface area contributed by atoms with E-state index in [9.17, 15) is 14.4 Å². The van der Waals surface area contributed by atoms with Crippen molar-refractivity contribution in [1.82, 2.24) is 0 Å². The summed E-state index contributed by atoms with van der Waals surface area (Å²) in [4.78, 5) is 38.4. The zero-order valence-electron chi connectivity index (χ0n) is 54.9. The van der Waals surface area contributed by atoms with Gasteiger partial charge in [0.25, 0.3) is 0 Å². The molecule has 0 aliphatic rings. The standard InChI is InChI=1S/C77H134O6/c1-4-7-10-13-16-19-22-25-27-29-31-33-35-37-38-40-41-43-45-47-49-52-55-58-61-64-67-70-76(79)82-73-74(72-81-75(78)69-66-63-60-57-54-51-24-21-18-15-12-9-6-3)83-77(80)71-68-65-62-59-56-53-50-48-46-44-42-39-36-34-32-30-28-26-23-20-17-14-11-8-5-2/h7,10,12,15-16,19,21,24-25,27,31,33,37-38,41,43,74H,4-6,8-9,11,13-14,17-18,20,22-23,26,28-30,32,34-36,39-40,42,44-73H2,1-3H3/b10-7-,15-12-,19-16-,24-21-,27-25-,33-31-,38-37-,43-41-. The van der Waals surface area contributed by atoms with Crippen molar-refractivity contribution in [2.75, 3.05) is 13.2 Å². The van der Waals surface area contributed by atoms with Gasteiger partial charge in [0.1, 0.15) is 13.2 Å². The first kappa shape index (κ1) is 79.3. The van der Waals surface area contributed by atoms with E-state index < -0.39 is 6.10 Å². The lowest BCUT2D eigenvalue weighted by Crippen LogP contribution is -2.30. The average Bonchev–Trinajstić information content (AvgIpc) is 3.49. The van der Waals surface area contributed by atoms with E-state index in [0.29, 0.717) is 19.3 Å². The second kappa shape index (κ2) is 70.8. The molecule has 6 nitrogen and oxygen atoms in total. The summed E-state index contributed by atoms with van der Waals surface area (Å²) >= 11 is 0. The highest BCUT2D eigenvalue weighted by Crippen LogP contribution is 2.18. The molecular formula is C77H134O6. The monoisotopic (exact) mass is 1160 g/mol. The first-order chi connectivity index (χ1) is 41.0. The molecule has 0 saturated heterocycles. The van der Waals surface area contributed by atoms with Gasteiger partial charge < -0.3 is 14.2 Å². The SMILES string of the molecule is CC/C=C\C/C=C\C/C=C\C/C=C\C/C=C\C/C=C\CCCCCCCCCCC(=O)OCC(COC(=O)CCCCCCC/C=C\C/C=C\CCC)OC(=O)CCCCCCCCCCCCCCCCCCCCCCCCCCC. The number of allylic oxidation sites excluding steroid dienone is 16. The summed E-state index contributed by atoms with van der Waals surface area (Å²) in [5.41, 5.74) is 0. The minimum Gasteiger partial charge on any atom is -0.462 e. The van der Waals surface area contributed by atoms with Gasteiger partial charge in [0, 0.05) is 19.3 Å². The fourth-order valence-corrected chi connectivity index (χ4v) is 10.3. The van der Waals surface area contributed by atoms with Crippen LogP contribution in [0.25, 0.3) is 0 Å². The van der Waals surface area contributed by atoms with Gasteiger partial charge in [0.2, 0.25) is 0 Å². The highest BCUT2D eigenvalue weighted by atomic mass is 16.6. The zero-order valence-corrected chi connectivity index (χ0v) is 54.9. The third-order valence-corrected chi connectivity index (χ3v) is 15.6. The molecule has 0 aliphatic heterocycles. The van der Waals surface area contributed by atoms with Crippen molar-refractivity contribution in [3.63, 3.8) is 0 Å². The summed E-state index contributed by atoms with van der Waals surface area (Å²) in [6, 6.07) is 0. The number of unbranched alkanes of at least 4 members (excludes halogenated alkanes) is 38. The van der Waals surface area contributed by atoms with Crippen LogP contribution in [-0.4, -0.2) is 37.2 Å². The lowest BCUT2D eigenvalue weighted by molar-refractivity contribution is -0.167. The molecule has 0 fully saturated rings. The van der Waals surface area contributed by atoms with Crippen LogP contribution in [0.15, 0.2) is 97.2 Å². The molecule has 0 aliphatic carbocycles. The maximum absolute atomic E-state index is 13.0. The Labute approximate surface area is 515 Å². The number of carbonyl (C=O) groups excluding carboxylic acids is 3. The summed E-state index contributed by atoms with van der Waals surface area (Å²) in [6.07, 6.45) is 95.8. The van der Waals surface area contributed by atoms with Gasteiger partial charge in [-0.15, -0.1) is 0 Å². The fraction of sp³-hybridized carbons (Fsp3) is 0.753. The van der Waals surface area contributed by atoms with Crippen molar-refractivity contribution in [1.29, 1.82) is 0 Å². The van der Waals surface area contributed by atoms with Crippen molar-refractivity contribution in [2.24, 2.45) is 0 Å². The van der Waals surface area contributed by atoms with Gasteiger partial charge in [-0.1, -0.05) is 336 Å². The highest BCUT2D eigenvalue weighted by Gasteiger charge is 2.19. The van der Waals surface area contributed by atoms with E-state index in [0.717, 1.165) is 128 Å². The van der Waals surface area contributed by atoms with Crippen LogP contribution in [0.5, 0.6) is 0 Å². The Balaban J connectivity index is 4.29. The van der Waals surface area contributed by atoms with Gasteiger partial charge in [0.05, 0.1) is 0 Å². The van der Waals surface area contributed by atoms with Crippen LogP contribution in [0.3, 0.4) is 0 Å². The lowest BCUT2D eigenvalue weighted by Gasteiger charge is -2.18. The van der Waals surface area contributed by atoms with Crippen LogP contribution in [0.2, 0.25) is 0 Å². The highest BCUT2D eigenvalue weighted by molar-refractivity contribution is 5.71. The maximum Gasteiger partial charge on any atom is 0.306 e. The molecule has 0 spiro atoms. The number of carbonyl (C=O) groups is 3. The van der Waals surface area contributed by atoms with Crippen LogP contribution in [-0.2, 0) is 28.6 Å². The van der Waals surface area contributed by atoms with Crippen LogP contribution in [0.1, 0.15) is 355 Å². The normalized spacial score (nSPS) is 12.7. The van der Waals surface area contributed by atoms with Gasteiger partial charge >= 0.3 is 17.9 Å². The van der Waals surface area contributed by atoms with Crippen molar-refractivity contribution >= 4 is 17.9 Å². The van der Waals surface area contributed by atoms with E-state index >= 15 is 0 Å². The second-order valence-electron chi connectivity index (χ2n) is 23.8. The fourth-order valence-electron chi connectivity index (χ4n) is 10.3. The van der Waals surface area contributed by atoms with Crippen LogP contribution < -0.4 is 0 Å². The van der Waals surface area contributed by atoms with Crippen molar-refractivity contribution in [3.05, 3.63) is 97.2 Å². The van der Waals surface area contributed by atoms with Gasteiger partial charge in [-0.25, -0.2) is 0 Å². The van der Waals surface area contributed by atoms with Crippen molar-refractivity contribution in [3.8, 4) is 0 Å². The largest absolute Gasteiger partial charge is 0.462 e. The molecule has 0 aromatic heterocycles. The number of esters is 3. The van der Waals surface area contributed by atoms with Crippen LogP contribution in [0.4, 0.5) is 0 Å². The lowest BCUT2D eigenvalue weighted by atomic mass is 10.0. The van der Waals surface area contributed by atoms with Crippen LogP contribution in [0, 0.1) is 0 Å². The number of rotatable bonds is 65. The molecule has 0 N–H and O–H groups in total. The third-order valence-electron chi connectivity index (χ3n) is 15.6. The average molecular weight is 1160 g/mol. The molecule has 0 radical (unpaired) electrons. The number of hydrogen-bond acceptors (Lipinski definition) is 6. The minimum atomic E-state index is -0.788. The molecule has 0 saturated carbocycles. The third kappa shape index (κ3) is 69.0. The summed E-state index contributed by atoms with van der Waals surface area (Å²) < 4.78 is 17.0. The number of ether oxygens (including phenoxy) is 3. The molecule has 1 atom stereocenters. The van der Waals surface area contributed by atoms with Gasteiger partial charge in [0.15, 0.2) is 6.10 Å². The Morgan fingerprint density at radius 1 is 0.253 bits per heavy atom. The van der Waals surface area contributed by atoms with E-state index in [1.807, 2.05) is 0 Å². The van der Waals surface area contributed by atoms with Gasteiger partial charge in [-0.05, 0) is 96.3 Å². The molecule has 0 heterocycles. The van der Waals surface area contributed by atoms with E-state index in [-0.39, 0.29) is 31.1 Å². The van der Waals surface area contributed by atoms with Crippen molar-refractivity contribution in [2.45, 2.75) is 361 Å². The Kier molecular flexibility index (Phi) is 67.7.